The highest BCUT2D eigenvalue weighted by Crippen LogP contribution is 2.34. The first-order chi connectivity index (χ1) is 14.5. The number of anilines is 3. The minimum atomic E-state index is -0.412. The van der Waals surface area contributed by atoms with Gasteiger partial charge in [0.25, 0.3) is 0 Å². The highest BCUT2D eigenvalue weighted by atomic mass is 16.5. The molecule has 0 aliphatic carbocycles. The van der Waals surface area contributed by atoms with Crippen molar-refractivity contribution in [1.82, 2.24) is 0 Å². The highest BCUT2D eigenvalue weighted by Gasteiger charge is 2.14. The number of unbranched alkanes of at least 4 members (excludes halogenated alkanes) is 3. The van der Waals surface area contributed by atoms with E-state index in [2.05, 4.69) is 12.2 Å². The van der Waals surface area contributed by atoms with Gasteiger partial charge < -0.3 is 19.4 Å². The third kappa shape index (κ3) is 5.00. The Bertz CT molecular complexity index is 1070. The predicted molar refractivity (Wildman–Crippen MR) is 121 cm³/mol. The summed E-state index contributed by atoms with van der Waals surface area (Å²) < 4.78 is 10.7. The number of methoxy groups -OCH3 is 1. The fraction of sp³-hybridized carbons (Fsp3) is 0.333. The van der Waals surface area contributed by atoms with Crippen LogP contribution in [0.5, 0.6) is 5.75 Å². The van der Waals surface area contributed by atoms with Gasteiger partial charge in [0, 0.05) is 30.6 Å². The van der Waals surface area contributed by atoms with Crippen molar-refractivity contribution in [3.05, 3.63) is 59.0 Å². The first-order valence-corrected chi connectivity index (χ1v) is 10.3. The van der Waals surface area contributed by atoms with Gasteiger partial charge in [-0.15, -0.1) is 0 Å². The smallest absolute Gasteiger partial charge is 0.338 e. The summed E-state index contributed by atoms with van der Waals surface area (Å²) in [6, 6.07) is 14.4. The third-order valence-corrected chi connectivity index (χ3v) is 5.09. The normalized spacial score (nSPS) is 10.8. The fourth-order valence-corrected chi connectivity index (χ4v) is 3.44. The molecule has 0 atom stereocenters. The van der Waals surface area contributed by atoms with Crippen molar-refractivity contribution in [2.24, 2.45) is 0 Å². The van der Waals surface area contributed by atoms with E-state index in [0.29, 0.717) is 23.4 Å². The van der Waals surface area contributed by atoms with Crippen molar-refractivity contribution < 1.29 is 13.9 Å². The lowest BCUT2D eigenvalue weighted by atomic mass is 10.1. The summed E-state index contributed by atoms with van der Waals surface area (Å²) in [5.74, 6) is 0.557. The van der Waals surface area contributed by atoms with E-state index in [1.54, 1.807) is 13.2 Å². The van der Waals surface area contributed by atoms with Gasteiger partial charge >= 0.3 is 5.63 Å². The van der Waals surface area contributed by atoms with Crippen LogP contribution in [0.4, 0.5) is 17.1 Å². The number of para-hydroxylation sites is 1. The number of ether oxygens (including phenoxy) is 1. The number of carbonyl (C=O) groups excluding carboxylic acids is 1. The monoisotopic (exact) mass is 408 g/mol. The topological polar surface area (TPSA) is 71.8 Å². The van der Waals surface area contributed by atoms with Crippen LogP contribution in [0.1, 0.15) is 39.0 Å². The number of nitrogens with zero attached hydrogens (tertiary/aromatic N) is 1. The number of amides is 1. The Morgan fingerprint density at radius 2 is 1.90 bits per heavy atom. The maximum absolute atomic E-state index is 12.4. The van der Waals surface area contributed by atoms with Gasteiger partial charge in [-0.1, -0.05) is 38.3 Å². The lowest BCUT2D eigenvalue weighted by Gasteiger charge is -2.22. The van der Waals surface area contributed by atoms with Crippen LogP contribution in [0.15, 0.2) is 57.7 Å². The second-order valence-corrected chi connectivity index (χ2v) is 7.25. The molecule has 30 heavy (non-hydrogen) atoms. The maximum atomic E-state index is 12.4. The Kier molecular flexibility index (Phi) is 7.12. The summed E-state index contributed by atoms with van der Waals surface area (Å²) in [4.78, 5) is 26.3. The van der Waals surface area contributed by atoms with Crippen molar-refractivity contribution in [3.8, 4) is 5.75 Å². The molecule has 3 aromatic rings. The Labute approximate surface area is 176 Å². The summed E-state index contributed by atoms with van der Waals surface area (Å²) in [7, 11) is 3.45. The first kappa shape index (κ1) is 21.4. The Hall–Kier alpha value is -3.28. The van der Waals surface area contributed by atoms with Crippen LogP contribution in [-0.2, 0) is 4.79 Å². The predicted octanol–water partition coefficient (Wildman–Crippen LogP) is 5.48. The summed E-state index contributed by atoms with van der Waals surface area (Å²) in [6.07, 6.45) is 4.67. The first-order valence-electron chi connectivity index (χ1n) is 10.3. The standard InChI is InChI=1S/C24H28N2O4/c1-4-5-6-7-12-23(27)25-19-15-17(13-14-22(19)29-3)26(2)20-16-24(28)30-21-11-9-8-10-18(20)21/h8-11,13-16H,4-7,12H2,1-3H3,(H,25,27). The minimum absolute atomic E-state index is 0.0324. The van der Waals surface area contributed by atoms with Crippen molar-refractivity contribution in [2.45, 2.75) is 39.0 Å². The van der Waals surface area contributed by atoms with Crippen LogP contribution in [0.3, 0.4) is 0 Å². The molecule has 0 saturated carbocycles. The lowest BCUT2D eigenvalue weighted by molar-refractivity contribution is -0.116. The molecule has 3 rings (SSSR count). The zero-order valence-electron chi connectivity index (χ0n) is 17.7. The number of hydrogen-bond donors (Lipinski definition) is 1. The molecule has 1 heterocycles. The summed E-state index contributed by atoms with van der Waals surface area (Å²) in [6.45, 7) is 2.15. The SMILES string of the molecule is CCCCCCC(=O)Nc1cc(N(C)c2cc(=O)oc3ccccc23)ccc1OC. The quantitative estimate of drug-likeness (QED) is 0.375. The van der Waals surface area contributed by atoms with Crippen LogP contribution >= 0.6 is 0 Å². The van der Waals surface area contributed by atoms with Gasteiger partial charge in [-0.05, 0) is 36.8 Å². The minimum Gasteiger partial charge on any atom is -0.495 e. The van der Waals surface area contributed by atoms with E-state index in [1.807, 2.05) is 48.3 Å². The van der Waals surface area contributed by atoms with Gasteiger partial charge in [-0.3, -0.25) is 4.79 Å². The number of fused-ring (bicyclic) bond motifs is 1. The van der Waals surface area contributed by atoms with E-state index >= 15 is 0 Å². The van der Waals surface area contributed by atoms with E-state index in [-0.39, 0.29) is 5.91 Å². The Morgan fingerprint density at radius 1 is 1.10 bits per heavy atom. The van der Waals surface area contributed by atoms with Crippen molar-refractivity contribution in [1.29, 1.82) is 0 Å². The van der Waals surface area contributed by atoms with E-state index < -0.39 is 5.63 Å². The zero-order valence-corrected chi connectivity index (χ0v) is 17.7. The molecule has 0 saturated heterocycles. The van der Waals surface area contributed by atoms with Crippen molar-refractivity contribution >= 4 is 33.9 Å². The molecule has 1 amide bonds. The van der Waals surface area contributed by atoms with E-state index in [1.165, 1.54) is 6.07 Å². The van der Waals surface area contributed by atoms with Gasteiger partial charge in [0.2, 0.25) is 5.91 Å². The van der Waals surface area contributed by atoms with Gasteiger partial charge in [-0.2, -0.15) is 0 Å². The van der Waals surface area contributed by atoms with E-state index in [4.69, 9.17) is 9.15 Å². The number of hydrogen-bond acceptors (Lipinski definition) is 5. The zero-order chi connectivity index (χ0) is 21.5. The molecule has 0 spiro atoms. The Morgan fingerprint density at radius 3 is 2.67 bits per heavy atom. The Balaban J connectivity index is 1.87. The molecule has 0 bridgehead atoms. The second-order valence-electron chi connectivity index (χ2n) is 7.25. The number of rotatable bonds is 9. The molecule has 6 nitrogen and oxygen atoms in total. The molecule has 0 aliphatic heterocycles. The molecule has 1 N–H and O–H groups in total. The van der Waals surface area contributed by atoms with Gasteiger partial charge in [0.05, 0.1) is 18.5 Å². The average Bonchev–Trinajstić information content (AvgIpc) is 2.75. The van der Waals surface area contributed by atoms with E-state index in [0.717, 1.165) is 42.4 Å². The molecule has 0 aliphatic rings. The third-order valence-electron chi connectivity index (χ3n) is 5.09. The maximum Gasteiger partial charge on any atom is 0.338 e. The molecule has 0 radical (unpaired) electrons. The van der Waals surface area contributed by atoms with Crippen LogP contribution < -0.4 is 20.6 Å². The van der Waals surface area contributed by atoms with E-state index in [9.17, 15) is 9.59 Å². The molecule has 0 fully saturated rings. The molecule has 1 aromatic heterocycles. The highest BCUT2D eigenvalue weighted by molar-refractivity contribution is 5.95. The van der Waals surface area contributed by atoms with Crippen LogP contribution in [0.2, 0.25) is 0 Å². The van der Waals surface area contributed by atoms with Crippen LogP contribution in [-0.4, -0.2) is 20.1 Å². The average molecular weight is 408 g/mol. The summed E-state index contributed by atoms with van der Waals surface area (Å²) in [5, 5.41) is 3.79. The fourth-order valence-electron chi connectivity index (χ4n) is 3.44. The molecular weight excluding hydrogens is 380 g/mol. The number of benzene rings is 2. The molecule has 0 unspecified atom stereocenters. The largest absolute Gasteiger partial charge is 0.495 e. The van der Waals surface area contributed by atoms with Crippen molar-refractivity contribution in [3.63, 3.8) is 0 Å². The second kappa shape index (κ2) is 9.96. The number of nitrogens with one attached hydrogen (secondary N) is 1. The molecular formula is C24H28N2O4. The van der Waals surface area contributed by atoms with Crippen LogP contribution in [0.25, 0.3) is 11.0 Å². The number of carbonyl (C=O) groups is 1. The van der Waals surface area contributed by atoms with Crippen LogP contribution in [0, 0.1) is 0 Å². The van der Waals surface area contributed by atoms with Gasteiger partial charge in [0.15, 0.2) is 0 Å². The van der Waals surface area contributed by atoms with Gasteiger partial charge in [-0.25, -0.2) is 4.79 Å². The summed E-state index contributed by atoms with van der Waals surface area (Å²) >= 11 is 0. The van der Waals surface area contributed by atoms with Gasteiger partial charge in [0.1, 0.15) is 11.3 Å². The van der Waals surface area contributed by atoms with Crippen molar-refractivity contribution in [2.75, 3.05) is 24.4 Å². The molecule has 158 valence electrons. The summed E-state index contributed by atoms with van der Waals surface area (Å²) in [5.41, 5.74) is 2.26. The molecule has 2 aromatic carbocycles. The lowest BCUT2D eigenvalue weighted by Crippen LogP contribution is -2.15. The molecule has 6 heteroatoms.